The quantitative estimate of drug-likeness (QED) is 0.880. The fourth-order valence-electron chi connectivity index (χ4n) is 2.06. The molecule has 0 saturated carbocycles. The normalized spacial score (nSPS) is 12.2. The summed E-state index contributed by atoms with van der Waals surface area (Å²) in [5.74, 6) is 0.796. The lowest BCUT2D eigenvalue weighted by molar-refractivity contribution is 0.300. The number of nitrogens with two attached hydrogens (primary N) is 1. The molecule has 3 nitrogen and oxygen atoms in total. The second kappa shape index (κ2) is 7.43. The van der Waals surface area contributed by atoms with Crippen LogP contribution in [0.4, 0.5) is 0 Å². The Hall–Kier alpha value is -1.58. The molecular formula is C17H21ClN2O. The van der Waals surface area contributed by atoms with Crippen molar-refractivity contribution in [2.24, 2.45) is 5.73 Å². The highest BCUT2D eigenvalue weighted by atomic mass is 35.5. The minimum Gasteiger partial charge on any atom is -0.487 e. The number of pyridine rings is 1. The van der Waals surface area contributed by atoms with Crippen LogP contribution in [0.25, 0.3) is 0 Å². The molecule has 0 aliphatic rings. The lowest BCUT2D eigenvalue weighted by Gasteiger charge is -2.14. The van der Waals surface area contributed by atoms with Crippen molar-refractivity contribution >= 4 is 11.6 Å². The second-order valence-corrected chi connectivity index (χ2v) is 5.62. The van der Waals surface area contributed by atoms with Gasteiger partial charge in [-0.05, 0) is 43.2 Å². The van der Waals surface area contributed by atoms with E-state index in [1.54, 1.807) is 0 Å². The van der Waals surface area contributed by atoms with Crippen molar-refractivity contribution in [3.8, 4) is 5.75 Å². The van der Waals surface area contributed by atoms with Gasteiger partial charge in [0.1, 0.15) is 12.4 Å². The Morgan fingerprint density at radius 2 is 2.10 bits per heavy atom. The molecule has 0 bridgehead atoms. The standard InChI is InChI=1S/C17H21ClN2O/c1-3-15(19)10-16-17(8-7-12(2)20-16)21-11-13-5-4-6-14(18)9-13/h4-9,15H,3,10-11,19H2,1-2H3. The summed E-state index contributed by atoms with van der Waals surface area (Å²) in [7, 11) is 0. The highest BCUT2D eigenvalue weighted by Crippen LogP contribution is 2.21. The van der Waals surface area contributed by atoms with Gasteiger partial charge in [0, 0.05) is 23.2 Å². The Morgan fingerprint density at radius 1 is 1.29 bits per heavy atom. The molecule has 2 aromatic rings. The van der Waals surface area contributed by atoms with Gasteiger partial charge < -0.3 is 10.5 Å². The monoisotopic (exact) mass is 304 g/mol. The molecule has 2 rings (SSSR count). The van der Waals surface area contributed by atoms with Crippen molar-refractivity contribution in [1.29, 1.82) is 0 Å². The molecule has 0 aliphatic carbocycles. The van der Waals surface area contributed by atoms with Gasteiger partial charge in [-0.25, -0.2) is 0 Å². The van der Waals surface area contributed by atoms with Crippen molar-refractivity contribution in [3.05, 3.63) is 58.4 Å². The summed E-state index contributed by atoms with van der Waals surface area (Å²) in [5.41, 5.74) is 8.97. The molecule has 1 heterocycles. The van der Waals surface area contributed by atoms with Gasteiger partial charge in [0.25, 0.3) is 0 Å². The van der Waals surface area contributed by atoms with Gasteiger partial charge in [-0.15, -0.1) is 0 Å². The van der Waals surface area contributed by atoms with Gasteiger partial charge in [-0.1, -0.05) is 30.7 Å². The van der Waals surface area contributed by atoms with Crippen LogP contribution >= 0.6 is 11.6 Å². The van der Waals surface area contributed by atoms with E-state index in [1.807, 2.05) is 43.3 Å². The number of nitrogens with zero attached hydrogens (tertiary/aromatic N) is 1. The van der Waals surface area contributed by atoms with Crippen LogP contribution in [-0.4, -0.2) is 11.0 Å². The predicted octanol–water partition coefficient (Wildman–Crippen LogP) is 3.90. The first-order valence-corrected chi connectivity index (χ1v) is 7.55. The molecule has 0 radical (unpaired) electrons. The molecule has 1 unspecified atom stereocenters. The van der Waals surface area contributed by atoms with Crippen LogP contribution in [0, 0.1) is 6.92 Å². The molecule has 1 aromatic carbocycles. The van der Waals surface area contributed by atoms with E-state index in [0.29, 0.717) is 11.6 Å². The molecule has 0 fully saturated rings. The Labute approximate surface area is 131 Å². The third-order valence-corrected chi connectivity index (χ3v) is 3.57. The maximum absolute atomic E-state index is 6.04. The van der Waals surface area contributed by atoms with E-state index in [4.69, 9.17) is 22.1 Å². The minimum atomic E-state index is 0.104. The number of benzene rings is 1. The lowest BCUT2D eigenvalue weighted by Crippen LogP contribution is -2.22. The first-order chi connectivity index (χ1) is 10.1. The van der Waals surface area contributed by atoms with Gasteiger partial charge in [0.2, 0.25) is 0 Å². The van der Waals surface area contributed by atoms with Gasteiger partial charge in [0.15, 0.2) is 0 Å². The summed E-state index contributed by atoms with van der Waals surface area (Å²) in [6.45, 7) is 4.52. The topological polar surface area (TPSA) is 48.1 Å². The van der Waals surface area contributed by atoms with Gasteiger partial charge in [-0.3, -0.25) is 4.98 Å². The second-order valence-electron chi connectivity index (χ2n) is 5.19. The van der Waals surface area contributed by atoms with Gasteiger partial charge >= 0.3 is 0 Å². The zero-order valence-electron chi connectivity index (χ0n) is 12.5. The molecule has 0 saturated heterocycles. The summed E-state index contributed by atoms with van der Waals surface area (Å²) >= 11 is 5.98. The number of ether oxygens (including phenoxy) is 1. The number of aromatic nitrogens is 1. The molecule has 4 heteroatoms. The Morgan fingerprint density at radius 3 is 2.81 bits per heavy atom. The van der Waals surface area contributed by atoms with Crippen molar-refractivity contribution in [1.82, 2.24) is 4.98 Å². The largest absolute Gasteiger partial charge is 0.487 e. The number of halogens is 1. The molecule has 2 N–H and O–H groups in total. The fraction of sp³-hybridized carbons (Fsp3) is 0.353. The molecule has 0 spiro atoms. The van der Waals surface area contributed by atoms with Crippen LogP contribution in [0.2, 0.25) is 5.02 Å². The van der Waals surface area contributed by atoms with E-state index in [-0.39, 0.29) is 6.04 Å². The number of aryl methyl sites for hydroxylation is 1. The number of rotatable bonds is 6. The predicted molar refractivity (Wildman–Crippen MR) is 86.7 cm³/mol. The number of hydrogen-bond donors (Lipinski definition) is 1. The van der Waals surface area contributed by atoms with Crippen molar-refractivity contribution in [2.75, 3.05) is 0 Å². The van der Waals surface area contributed by atoms with E-state index < -0.39 is 0 Å². The minimum absolute atomic E-state index is 0.104. The van der Waals surface area contributed by atoms with Crippen LogP contribution < -0.4 is 10.5 Å². The molecule has 1 atom stereocenters. The molecule has 0 amide bonds. The SMILES string of the molecule is CCC(N)Cc1nc(C)ccc1OCc1cccc(Cl)c1. The highest BCUT2D eigenvalue weighted by molar-refractivity contribution is 6.30. The average molecular weight is 305 g/mol. The van der Waals surface area contributed by atoms with Crippen molar-refractivity contribution in [3.63, 3.8) is 0 Å². The van der Waals surface area contributed by atoms with E-state index >= 15 is 0 Å². The molecule has 21 heavy (non-hydrogen) atoms. The Kier molecular flexibility index (Phi) is 5.59. The first-order valence-electron chi connectivity index (χ1n) is 7.18. The third kappa shape index (κ3) is 4.73. The average Bonchev–Trinajstić information content (AvgIpc) is 2.46. The van der Waals surface area contributed by atoms with Gasteiger partial charge in [0.05, 0.1) is 5.69 Å². The highest BCUT2D eigenvalue weighted by Gasteiger charge is 2.10. The van der Waals surface area contributed by atoms with Crippen LogP contribution in [-0.2, 0) is 13.0 Å². The van der Waals surface area contributed by atoms with Crippen LogP contribution in [0.1, 0.15) is 30.3 Å². The van der Waals surface area contributed by atoms with E-state index in [2.05, 4.69) is 11.9 Å². The van der Waals surface area contributed by atoms with Crippen LogP contribution in [0.5, 0.6) is 5.75 Å². The first kappa shape index (κ1) is 15.8. The number of hydrogen-bond acceptors (Lipinski definition) is 3. The zero-order valence-corrected chi connectivity index (χ0v) is 13.2. The molecule has 1 aromatic heterocycles. The Balaban J connectivity index is 2.11. The zero-order chi connectivity index (χ0) is 15.2. The smallest absolute Gasteiger partial charge is 0.141 e. The summed E-state index contributed by atoms with van der Waals surface area (Å²) in [6.07, 6.45) is 1.65. The summed E-state index contributed by atoms with van der Waals surface area (Å²) in [5, 5.41) is 0.714. The third-order valence-electron chi connectivity index (χ3n) is 3.33. The molecule has 112 valence electrons. The van der Waals surface area contributed by atoms with Crippen molar-refractivity contribution in [2.45, 2.75) is 39.3 Å². The summed E-state index contributed by atoms with van der Waals surface area (Å²) < 4.78 is 5.90. The van der Waals surface area contributed by atoms with Crippen molar-refractivity contribution < 1.29 is 4.74 Å². The van der Waals surface area contributed by atoms with Gasteiger partial charge in [-0.2, -0.15) is 0 Å². The molecular weight excluding hydrogens is 284 g/mol. The Bertz CT molecular complexity index is 601. The maximum Gasteiger partial charge on any atom is 0.141 e. The summed E-state index contributed by atoms with van der Waals surface area (Å²) in [4.78, 5) is 4.56. The molecule has 0 aliphatic heterocycles. The fourth-order valence-corrected chi connectivity index (χ4v) is 2.27. The summed E-state index contributed by atoms with van der Waals surface area (Å²) in [6, 6.07) is 11.7. The maximum atomic E-state index is 6.04. The van der Waals surface area contributed by atoms with E-state index in [0.717, 1.165) is 35.5 Å². The van der Waals surface area contributed by atoms with E-state index in [9.17, 15) is 0 Å². The van der Waals surface area contributed by atoms with Crippen LogP contribution in [0.15, 0.2) is 36.4 Å². The van der Waals surface area contributed by atoms with E-state index in [1.165, 1.54) is 0 Å². The lowest BCUT2D eigenvalue weighted by atomic mass is 10.1. The van der Waals surface area contributed by atoms with Crippen LogP contribution in [0.3, 0.4) is 0 Å².